The van der Waals surface area contributed by atoms with Crippen LogP contribution in [0.4, 0.5) is 0 Å². The van der Waals surface area contributed by atoms with Crippen molar-refractivity contribution >= 4 is 28.6 Å². The van der Waals surface area contributed by atoms with Crippen molar-refractivity contribution in [3.05, 3.63) is 60.3 Å². The van der Waals surface area contributed by atoms with Crippen molar-refractivity contribution in [2.24, 2.45) is 0 Å². The summed E-state index contributed by atoms with van der Waals surface area (Å²) in [6.45, 7) is 3.18. The van der Waals surface area contributed by atoms with E-state index in [9.17, 15) is 4.79 Å². The van der Waals surface area contributed by atoms with Gasteiger partial charge in [0.1, 0.15) is 5.75 Å². The van der Waals surface area contributed by atoms with Gasteiger partial charge in [0.2, 0.25) is 0 Å². The molecule has 0 aliphatic heterocycles. The monoisotopic (exact) mass is 340 g/mol. The van der Waals surface area contributed by atoms with Gasteiger partial charge in [-0.25, -0.2) is 0 Å². The van der Waals surface area contributed by atoms with Crippen molar-refractivity contribution in [3.8, 4) is 5.75 Å². The Hall–Kier alpha value is -2.40. The molecule has 0 atom stereocenters. The highest BCUT2D eigenvalue weighted by Crippen LogP contribution is 2.27. The molecule has 0 saturated carbocycles. The highest BCUT2D eigenvalue weighted by atomic mass is 32.2. The molecule has 0 unspecified atom stereocenters. The van der Waals surface area contributed by atoms with Crippen LogP contribution in [0.3, 0.4) is 0 Å². The summed E-state index contributed by atoms with van der Waals surface area (Å²) < 4.78 is 5.38. The Bertz CT molecular complexity index is 812. The van der Waals surface area contributed by atoms with E-state index in [1.807, 2.05) is 37.4 Å². The number of nitrogens with one attached hydrogen (secondary N) is 2. The summed E-state index contributed by atoms with van der Waals surface area (Å²) in [5, 5.41) is 4.17. The molecule has 0 aliphatic rings. The average molecular weight is 340 g/mol. The number of carbonyl (C=O) groups excluding carboxylic acids is 1. The van der Waals surface area contributed by atoms with Crippen LogP contribution < -0.4 is 10.1 Å². The molecule has 2 N–H and O–H groups in total. The molecular weight excluding hydrogens is 320 g/mol. The number of ether oxygens (including phenoxy) is 1. The van der Waals surface area contributed by atoms with E-state index < -0.39 is 0 Å². The number of aromatic amines is 1. The van der Waals surface area contributed by atoms with E-state index in [4.69, 9.17) is 4.74 Å². The second-order valence-corrected chi connectivity index (χ2v) is 6.40. The fraction of sp³-hybridized carbons (Fsp3) is 0.211. The molecule has 0 radical (unpaired) electrons. The number of H-pyrrole nitrogens is 1. The van der Waals surface area contributed by atoms with Crippen LogP contribution in [0, 0.1) is 0 Å². The predicted molar refractivity (Wildman–Crippen MR) is 99.0 cm³/mol. The summed E-state index contributed by atoms with van der Waals surface area (Å²) in [4.78, 5) is 16.6. The third-order valence-corrected chi connectivity index (χ3v) is 4.68. The van der Waals surface area contributed by atoms with Crippen LogP contribution >= 0.6 is 11.8 Å². The van der Waals surface area contributed by atoms with Crippen molar-refractivity contribution in [2.45, 2.75) is 11.8 Å². The third kappa shape index (κ3) is 3.92. The minimum Gasteiger partial charge on any atom is -0.494 e. The lowest BCUT2D eigenvalue weighted by atomic mass is 10.2. The largest absolute Gasteiger partial charge is 0.494 e. The fourth-order valence-electron chi connectivity index (χ4n) is 2.46. The van der Waals surface area contributed by atoms with Crippen molar-refractivity contribution in [3.63, 3.8) is 0 Å². The number of rotatable bonds is 7. The van der Waals surface area contributed by atoms with Crippen molar-refractivity contribution in [1.29, 1.82) is 0 Å². The van der Waals surface area contributed by atoms with Crippen molar-refractivity contribution in [2.75, 3.05) is 18.9 Å². The molecule has 3 aromatic rings. The van der Waals surface area contributed by atoms with Crippen LogP contribution in [0.5, 0.6) is 5.75 Å². The van der Waals surface area contributed by atoms with E-state index in [1.54, 1.807) is 23.9 Å². The van der Waals surface area contributed by atoms with Gasteiger partial charge in [-0.1, -0.05) is 18.2 Å². The normalized spacial score (nSPS) is 10.7. The van der Waals surface area contributed by atoms with Gasteiger partial charge >= 0.3 is 0 Å². The standard InChI is InChI=1S/C19H20N2O2S/c1-2-23-15-9-7-14(8-10-15)19(22)20-11-12-24-18-13-21-17-6-4-3-5-16(17)18/h3-10,13,21H,2,11-12H2,1H3,(H,20,22). The highest BCUT2D eigenvalue weighted by molar-refractivity contribution is 7.99. The number of para-hydroxylation sites is 1. The zero-order valence-electron chi connectivity index (χ0n) is 13.5. The average Bonchev–Trinajstić information content (AvgIpc) is 3.03. The molecule has 4 nitrogen and oxygen atoms in total. The highest BCUT2D eigenvalue weighted by Gasteiger charge is 2.06. The van der Waals surface area contributed by atoms with E-state index >= 15 is 0 Å². The molecule has 5 heteroatoms. The first-order chi connectivity index (χ1) is 11.8. The van der Waals surface area contributed by atoms with Crippen molar-refractivity contribution < 1.29 is 9.53 Å². The quantitative estimate of drug-likeness (QED) is 0.503. The molecule has 3 rings (SSSR count). The number of thioether (sulfide) groups is 1. The van der Waals surface area contributed by atoms with Crippen LogP contribution in [-0.2, 0) is 0 Å². The number of hydrogen-bond acceptors (Lipinski definition) is 3. The van der Waals surface area contributed by atoms with Gasteiger partial charge in [0.25, 0.3) is 5.91 Å². The Kier molecular flexibility index (Phi) is 5.43. The van der Waals surface area contributed by atoms with E-state index in [-0.39, 0.29) is 5.91 Å². The molecule has 0 saturated heterocycles. The summed E-state index contributed by atoms with van der Waals surface area (Å²) in [6, 6.07) is 15.4. The van der Waals surface area contributed by atoms with Gasteiger partial charge in [-0.15, -0.1) is 11.8 Å². The van der Waals surface area contributed by atoms with Crippen LogP contribution in [0.15, 0.2) is 59.6 Å². The lowest BCUT2D eigenvalue weighted by molar-refractivity contribution is 0.0956. The Morgan fingerprint density at radius 3 is 2.75 bits per heavy atom. The zero-order valence-corrected chi connectivity index (χ0v) is 14.4. The minimum absolute atomic E-state index is 0.0578. The maximum Gasteiger partial charge on any atom is 0.251 e. The first kappa shape index (κ1) is 16.5. The first-order valence-electron chi connectivity index (χ1n) is 7.98. The van der Waals surface area contributed by atoms with Gasteiger partial charge in [-0.2, -0.15) is 0 Å². The van der Waals surface area contributed by atoms with Crippen LogP contribution in [0.1, 0.15) is 17.3 Å². The molecule has 1 amide bonds. The molecule has 1 heterocycles. The third-order valence-electron chi connectivity index (χ3n) is 3.62. The number of amides is 1. The number of fused-ring (bicyclic) bond motifs is 1. The van der Waals surface area contributed by atoms with Crippen LogP contribution in [-0.4, -0.2) is 29.8 Å². The summed E-state index contributed by atoms with van der Waals surface area (Å²) in [7, 11) is 0. The second kappa shape index (κ2) is 7.93. The Labute approximate surface area is 145 Å². The Morgan fingerprint density at radius 1 is 1.17 bits per heavy atom. The van der Waals surface area contributed by atoms with Gasteiger partial charge in [0.05, 0.1) is 6.61 Å². The fourth-order valence-corrected chi connectivity index (χ4v) is 3.36. The van der Waals surface area contributed by atoms with Gasteiger partial charge in [-0.3, -0.25) is 4.79 Å². The topological polar surface area (TPSA) is 54.1 Å². The van der Waals surface area contributed by atoms with E-state index in [0.29, 0.717) is 18.7 Å². The summed E-state index contributed by atoms with van der Waals surface area (Å²) in [5.41, 5.74) is 1.79. The molecule has 124 valence electrons. The predicted octanol–water partition coefficient (Wildman–Crippen LogP) is 4.09. The zero-order chi connectivity index (χ0) is 16.8. The van der Waals surface area contributed by atoms with E-state index in [1.165, 1.54) is 10.3 Å². The van der Waals surface area contributed by atoms with Gasteiger partial charge in [0.15, 0.2) is 0 Å². The van der Waals surface area contributed by atoms with Crippen LogP contribution in [0.2, 0.25) is 0 Å². The van der Waals surface area contributed by atoms with E-state index in [2.05, 4.69) is 22.4 Å². The molecule has 24 heavy (non-hydrogen) atoms. The molecular formula is C19H20N2O2S. The molecule has 0 bridgehead atoms. The van der Waals surface area contributed by atoms with Gasteiger partial charge in [0, 0.05) is 39.9 Å². The molecule has 1 aromatic heterocycles. The van der Waals surface area contributed by atoms with E-state index in [0.717, 1.165) is 17.0 Å². The first-order valence-corrected chi connectivity index (χ1v) is 8.96. The maximum absolute atomic E-state index is 12.1. The second-order valence-electron chi connectivity index (χ2n) is 5.26. The number of hydrogen-bond donors (Lipinski definition) is 2. The lowest BCUT2D eigenvalue weighted by Crippen LogP contribution is -2.25. The maximum atomic E-state index is 12.1. The number of aromatic nitrogens is 1. The van der Waals surface area contributed by atoms with Crippen molar-refractivity contribution in [1.82, 2.24) is 10.3 Å². The SMILES string of the molecule is CCOc1ccc(C(=O)NCCSc2c[nH]c3ccccc23)cc1. The summed E-state index contributed by atoms with van der Waals surface area (Å²) >= 11 is 1.74. The van der Waals surface area contributed by atoms with Gasteiger partial charge < -0.3 is 15.0 Å². The molecule has 0 aliphatic carbocycles. The summed E-state index contributed by atoms with van der Waals surface area (Å²) in [6.07, 6.45) is 2.02. The lowest BCUT2D eigenvalue weighted by Gasteiger charge is -2.06. The molecule has 0 spiro atoms. The Morgan fingerprint density at radius 2 is 1.96 bits per heavy atom. The minimum atomic E-state index is -0.0578. The Balaban J connectivity index is 1.48. The van der Waals surface area contributed by atoms with Crippen LogP contribution in [0.25, 0.3) is 10.9 Å². The molecule has 0 fully saturated rings. The van der Waals surface area contributed by atoms with Gasteiger partial charge in [-0.05, 0) is 37.3 Å². The smallest absolute Gasteiger partial charge is 0.251 e. The number of carbonyl (C=O) groups is 1. The molecule has 2 aromatic carbocycles. The number of benzene rings is 2. The summed E-state index contributed by atoms with van der Waals surface area (Å²) in [5.74, 6) is 1.55.